The van der Waals surface area contributed by atoms with Gasteiger partial charge in [-0.2, -0.15) is 0 Å². The van der Waals surface area contributed by atoms with Gasteiger partial charge in [-0.15, -0.1) is 23.1 Å². The van der Waals surface area contributed by atoms with Gasteiger partial charge < -0.3 is 15.0 Å². The predicted molar refractivity (Wildman–Crippen MR) is 103 cm³/mol. The lowest BCUT2D eigenvalue weighted by molar-refractivity contribution is -0.135. The van der Waals surface area contributed by atoms with E-state index in [1.54, 1.807) is 28.1 Å². The van der Waals surface area contributed by atoms with Crippen molar-refractivity contribution in [2.24, 2.45) is 0 Å². The van der Waals surface area contributed by atoms with Gasteiger partial charge in [-0.1, -0.05) is 0 Å². The zero-order valence-electron chi connectivity index (χ0n) is 14.8. The molecule has 2 atom stereocenters. The highest BCUT2D eigenvalue weighted by Crippen LogP contribution is 2.47. The van der Waals surface area contributed by atoms with Crippen LogP contribution >= 0.6 is 23.1 Å². The van der Waals surface area contributed by atoms with E-state index in [1.807, 2.05) is 6.92 Å². The Balaban J connectivity index is 1.49. The molecule has 0 aliphatic carbocycles. The molecule has 1 aromatic carbocycles. The van der Waals surface area contributed by atoms with Crippen LogP contribution in [0.3, 0.4) is 0 Å². The maximum atomic E-state index is 13.9. The van der Waals surface area contributed by atoms with E-state index in [2.05, 4.69) is 10.3 Å². The van der Waals surface area contributed by atoms with Gasteiger partial charge in [0.1, 0.15) is 6.04 Å². The summed E-state index contributed by atoms with van der Waals surface area (Å²) in [7, 11) is 1.41. The second-order valence-electron chi connectivity index (χ2n) is 6.64. The lowest BCUT2D eigenvalue weighted by atomic mass is 10.1. The van der Waals surface area contributed by atoms with E-state index in [1.165, 1.54) is 30.6 Å². The highest BCUT2D eigenvalue weighted by Gasteiger charge is 2.52. The first-order valence-electron chi connectivity index (χ1n) is 8.48. The predicted octanol–water partition coefficient (Wildman–Crippen LogP) is 3.35. The van der Waals surface area contributed by atoms with Crippen molar-refractivity contribution in [2.75, 3.05) is 18.2 Å². The van der Waals surface area contributed by atoms with Crippen molar-refractivity contribution in [3.05, 3.63) is 29.4 Å². The van der Waals surface area contributed by atoms with Crippen LogP contribution in [0.5, 0.6) is 5.75 Å². The molecule has 0 spiro atoms. The monoisotopic (exact) mass is 407 g/mol. The summed E-state index contributed by atoms with van der Waals surface area (Å²) < 4.78 is 18.8. The Labute approximate surface area is 164 Å². The molecule has 142 valence electrons. The smallest absolute Gasteiger partial charge is 0.249 e. The molecule has 0 saturated carbocycles. The van der Waals surface area contributed by atoms with E-state index >= 15 is 0 Å². The molecular formula is C18H18FN3O3S2. The van der Waals surface area contributed by atoms with Gasteiger partial charge in [0, 0.05) is 23.1 Å². The number of ether oxygens (including phenoxy) is 1. The number of rotatable bonds is 4. The van der Waals surface area contributed by atoms with Gasteiger partial charge in [0.25, 0.3) is 0 Å². The number of nitrogens with zero attached hydrogens (tertiary/aromatic N) is 2. The molecule has 2 aliphatic heterocycles. The molecule has 9 heteroatoms. The molecule has 1 aromatic heterocycles. The summed E-state index contributed by atoms with van der Waals surface area (Å²) in [6.07, 6.45) is 1.25. The molecule has 4 rings (SSSR count). The minimum atomic E-state index is -0.485. The average molecular weight is 407 g/mol. The molecule has 2 unspecified atom stereocenters. The first-order chi connectivity index (χ1) is 12.9. The third kappa shape index (κ3) is 3.19. The number of hydrogen-bond acceptors (Lipinski definition) is 6. The fourth-order valence-corrected chi connectivity index (χ4v) is 5.65. The normalized spacial score (nSPS) is 24.2. The summed E-state index contributed by atoms with van der Waals surface area (Å²) in [4.78, 5) is 30.7. The van der Waals surface area contributed by atoms with E-state index in [4.69, 9.17) is 4.74 Å². The van der Waals surface area contributed by atoms with Gasteiger partial charge in [0.15, 0.2) is 16.7 Å². The summed E-state index contributed by atoms with van der Waals surface area (Å²) in [5.41, 5.74) is 1.17. The van der Waals surface area contributed by atoms with Crippen LogP contribution in [0.2, 0.25) is 0 Å². The van der Waals surface area contributed by atoms with E-state index in [9.17, 15) is 14.0 Å². The van der Waals surface area contributed by atoms with Gasteiger partial charge >= 0.3 is 0 Å². The zero-order chi connectivity index (χ0) is 19.2. The minimum Gasteiger partial charge on any atom is -0.494 e. The number of nitrogens with one attached hydrogen (secondary N) is 1. The van der Waals surface area contributed by atoms with Gasteiger partial charge in [0.2, 0.25) is 11.8 Å². The second kappa shape index (κ2) is 6.79. The number of carbonyl (C=O) groups is 2. The number of fused-ring (bicyclic) bond motifs is 1. The van der Waals surface area contributed by atoms with Gasteiger partial charge in [0.05, 0.1) is 17.7 Å². The Morgan fingerprint density at radius 1 is 1.48 bits per heavy atom. The van der Waals surface area contributed by atoms with Gasteiger partial charge in [-0.3, -0.25) is 9.59 Å². The number of amides is 2. The Morgan fingerprint density at radius 3 is 3.04 bits per heavy atom. The SMILES string of the molecule is COc1ccc(-c2csc(NC(=O)C3CSC4(C)CCC(=O)N34)n2)cc1F. The molecule has 1 N–H and O–H groups in total. The minimum absolute atomic E-state index is 0.0242. The Bertz CT molecular complexity index is 919. The fourth-order valence-electron chi connectivity index (χ4n) is 3.49. The number of benzene rings is 1. The van der Waals surface area contributed by atoms with E-state index in [0.29, 0.717) is 28.6 Å². The highest BCUT2D eigenvalue weighted by molar-refractivity contribution is 8.01. The molecule has 3 heterocycles. The van der Waals surface area contributed by atoms with E-state index < -0.39 is 11.9 Å². The van der Waals surface area contributed by atoms with Crippen molar-refractivity contribution in [1.29, 1.82) is 0 Å². The third-order valence-corrected chi connectivity index (χ3v) is 7.19. The van der Waals surface area contributed by atoms with Crippen LogP contribution in [0.4, 0.5) is 9.52 Å². The van der Waals surface area contributed by atoms with Crippen LogP contribution < -0.4 is 10.1 Å². The first kappa shape index (κ1) is 18.2. The summed E-state index contributed by atoms with van der Waals surface area (Å²) in [6, 6.07) is 4.12. The number of thioether (sulfide) groups is 1. The van der Waals surface area contributed by atoms with Gasteiger partial charge in [-0.25, -0.2) is 9.37 Å². The lowest BCUT2D eigenvalue weighted by Gasteiger charge is -2.29. The van der Waals surface area contributed by atoms with E-state index in [0.717, 1.165) is 6.42 Å². The van der Waals surface area contributed by atoms with Crippen LogP contribution in [0.25, 0.3) is 11.3 Å². The Morgan fingerprint density at radius 2 is 2.30 bits per heavy atom. The number of halogens is 1. The molecule has 2 saturated heterocycles. The van der Waals surface area contributed by atoms with Crippen LogP contribution in [0, 0.1) is 5.82 Å². The quantitative estimate of drug-likeness (QED) is 0.842. The molecule has 27 heavy (non-hydrogen) atoms. The van der Waals surface area contributed by atoms with Crippen LogP contribution in [-0.2, 0) is 9.59 Å². The largest absolute Gasteiger partial charge is 0.494 e. The number of aromatic nitrogens is 1. The number of anilines is 1. The highest BCUT2D eigenvalue weighted by atomic mass is 32.2. The van der Waals surface area contributed by atoms with Crippen molar-refractivity contribution < 1.29 is 18.7 Å². The van der Waals surface area contributed by atoms with Crippen LogP contribution in [0.1, 0.15) is 19.8 Å². The van der Waals surface area contributed by atoms with Crippen LogP contribution in [0.15, 0.2) is 23.6 Å². The Kier molecular flexibility index (Phi) is 4.59. The first-order valence-corrected chi connectivity index (χ1v) is 10.3. The molecule has 0 bridgehead atoms. The zero-order valence-corrected chi connectivity index (χ0v) is 16.5. The maximum absolute atomic E-state index is 13.9. The third-order valence-electron chi connectivity index (χ3n) is 4.93. The van der Waals surface area contributed by atoms with Crippen molar-refractivity contribution in [3.63, 3.8) is 0 Å². The average Bonchev–Trinajstić information content (AvgIpc) is 3.31. The number of hydrogen-bond donors (Lipinski definition) is 1. The standard InChI is InChI=1S/C18H18FN3O3S2/c1-18-6-5-15(23)22(18)13(9-27-18)16(24)21-17-20-12(8-26-17)10-3-4-14(25-2)11(19)7-10/h3-4,7-8,13H,5-6,9H2,1-2H3,(H,20,21,24). The fraction of sp³-hybridized carbons (Fsp3) is 0.389. The summed E-state index contributed by atoms with van der Waals surface area (Å²) >= 11 is 2.91. The second-order valence-corrected chi connectivity index (χ2v) is 9.00. The molecule has 0 radical (unpaired) electrons. The maximum Gasteiger partial charge on any atom is 0.249 e. The number of carbonyl (C=O) groups excluding carboxylic acids is 2. The van der Waals surface area contributed by atoms with Crippen molar-refractivity contribution in [2.45, 2.75) is 30.7 Å². The van der Waals surface area contributed by atoms with Crippen LogP contribution in [-0.4, -0.2) is 45.5 Å². The number of thiazole rings is 1. The summed E-state index contributed by atoms with van der Waals surface area (Å²) in [6.45, 7) is 2.01. The number of methoxy groups -OCH3 is 1. The van der Waals surface area contributed by atoms with E-state index in [-0.39, 0.29) is 22.4 Å². The van der Waals surface area contributed by atoms with Crippen molar-refractivity contribution in [1.82, 2.24) is 9.88 Å². The molecule has 2 aliphatic rings. The molecule has 2 amide bonds. The molecular weight excluding hydrogens is 389 g/mol. The Hall–Kier alpha value is -2.13. The topological polar surface area (TPSA) is 71.5 Å². The summed E-state index contributed by atoms with van der Waals surface area (Å²) in [5.74, 6) is 0.0677. The molecule has 6 nitrogen and oxygen atoms in total. The van der Waals surface area contributed by atoms with Crippen molar-refractivity contribution in [3.8, 4) is 17.0 Å². The van der Waals surface area contributed by atoms with Gasteiger partial charge in [-0.05, 0) is 31.5 Å². The molecule has 2 fully saturated rings. The lowest BCUT2D eigenvalue weighted by Crippen LogP contribution is -2.48. The summed E-state index contributed by atoms with van der Waals surface area (Å²) in [5, 5.41) is 4.99. The van der Waals surface area contributed by atoms with Crippen molar-refractivity contribution >= 4 is 40.0 Å². The molecule has 2 aromatic rings.